The predicted molar refractivity (Wildman–Crippen MR) is 91.8 cm³/mol. The van der Waals surface area contributed by atoms with Gasteiger partial charge in [0.25, 0.3) is 0 Å². The van der Waals surface area contributed by atoms with E-state index in [4.69, 9.17) is 4.74 Å². The molecule has 0 aliphatic rings. The number of methoxy groups -OCH3 is 1. The van der Waals surface area contributed by atoms with E-state index in [0.29, 0.717) is 24.1 Å². The molecular weight excluding hydrogens is 307 g/mol. The Morgan fingerprint density at radius 3 is 2.50 bits per heavy atom. The number of halogens is 1. The first kappa shape index (κ1) is 16.0. The number of ether oxygens (including phenoxy) is 1. The van der Waals surface area contributed by atoms with E-state index in [-0.39, 0.29) is 5.56 Å². The lowest BCUT2D eigenvalue weighted by molar-refractivity contribution is 0.413. The topological polar surface area (TPSA) is 43.2 Å². The number of hydrogen-bond donors (Lipinski definition) is 0. The van der Waals surface area contributed by atoms with Crippen molar-refractivity contribution in [3.05, 3.63) is 59.9 Å². The normalized spacial score (nSPS) is 10.7. The van der Waals surface area contributed by atoms with Gasteiger partial charge in [0.15, 0.2) is 5.82 Å². The van der Waals surface area contributed by atoms with E-state index < -0.39 is 5.82 Å². The minimum absolute atomic E-state index is 0.273. The zero-order chi connectivity index (χ0) is 17.1. The van der Waals surface area contributed by atoms with Gasteiger partial charge in [0.05, 0.1) is 19.2 Å². The highest BCUT2D eigenvalue weighted by Crippen LogP contribution is 2.31. The van der Waals surface area contributed by atoms with Crippen molar-refractivity contribution in [3.63, 3.8) is 0 Å². The Bertz CT molecular complexity index is 830. The Kier molecular flexibility index (Phi) is 4.46. The Balaban J connectivity index is 2.07. The third-order valence-electron chi connectivity index (χ3n) is 3.65. The molecule has 3 aromatic rings. The molecule has 0 amide bonds. The van der Waals surface area contributed by atoms with Crippen LogP contribution in [0.15, 0.2) is 48.5 Å². The van der Waals surface area contributed by atoms with Gasteiger partial charge in [-0.3, -0.25) is 0 Å². The third-order valence-corrected chi connectivity index (χ3v) is 3.65. The SMILES string of the molecule is COc1cccc(F)c1-c1nc(N(C)C)n(Cc2ccccc2)n1. The van der Waals surface area contributed by atoms with Crippen LogP contribution in [0.5, 0.6) is 5.75 Å². The van der Waals surface area contributed by atoms with Crippen molar-refractivity contribution in [3.8, 4) is 17.1 Å². The molecule has 0 fully saturated rings. The predicted octanol–water partition coefficient (Wildman–Crippen LogP) is 3.21. The average Bonchev–Trinajstić information content (AvgIpc) is 2.99. The summed E-state index contributed by atoms with van der Waals surface area (Å²) in [6.07, 6.45) is 0. The van der Waals surface area contributed by atoms with Crippen molar-refractivity contribution in [1.82, 2.24) is 14.8 Å². The molecule has 0 aliphatic carbocycles. The molecule has 0 aliphatic heterocycles. The Labute approximate surface area is 140 Å². The van der Waals surface area contributed by atoms with Crippen LogP contribution in [-0.4, -0.2) is 36.0 Å². The number of nitrogens with zero attached hydrogens (tertiary/aromatic N) is 4. The van der Waals surface area contributed by atoms with E-state index >= 15 is 0 Å². The lowest BCUT2D eigenvalue weighted by Gasteiger charge is -2.12. The summed E-state index contributed by atoms with van der Waals surface area (Å²) in [7, 11) is 5.27. The highest BCUT2D eigenvalue weighted by atomic mass is 19.1. The minimum atomic E-state index is -0.406. The number of aromatic nitrogens is 3. The summed E-state index contributed by atoms with van der Waals surface area (Å²) in [4.78, 5) is 6.36. The van der Waals surface area contributed by atoms with Crippen LogP contribution in [0, 0.1) is 5.82 Å². The monoisotopic (exact) mass is 326 g/mol. The van der Waals surface area contributed by atoms with Crippen molar-refractivity contribution in [1.29, 1.82) is 0 Å². The lowest BCUT2D eigenvalue weighted by atomic mass is 10.2. The van der Waals surface area contributed by atoms with Crippen LogP contribution in [0.1, 0.15) is 5.56 Å². The standard InChI is InChI=1S/C18H19FN4O/c1-22(2)18-20-17(16-14(19)10-7-11-15(16)24-3)21-23(18)12-13-8-5-4-6-9-13/h4-11H,12H2,1-3H3. The summed E-state index contributed by atoms with van der Waals surface area (Å²) in [6.45, 7) is 0.554. The molecule has 1 aromatic heterocycles. The summed E-state index contributed by atoms with van der Waals surface area (Å²) >= 11 is 0. The second-order valence-corrected chi connectivity index (χ2v) is 5.59. The van der Waals surface area contributed by atoms with Crippen LogP contribution < -0.4 is 9.64 Å². The van der Waals surface area contributed by atoms with Crippen LogP contribution in [-0.2, 0) is 6.54 Å². The summed E-state index contributed by atoms with van der Waals surface area (Å²) in [5, 5.41) is 4.51. The molecule has 0 unspecified atom stereocenters. The van der Waals surface area contributed by atoms with E-state index in [1.165, 1.54) is 13.2 Å². The van der Waals surface area contributed by atoms with Crippen molar-refractivity contribution in [2.24, 2.45) is 0 Å². The lowest BCUT2D eigenvalue weighted by Crippen LogP contribution is -2.16. The average molecular weight is 326 g/mol. The fraction of sp³-hybridized carbons (Fsp3) is 0.222. The third kappa shape index (κ3) is 3.08. The molecular formula is C18H19FN4O. The van der Waals surface area contributed by atoms with Gasteiger partial charge in [0.2, 0.25) is 5.95 Å². The fourth-order valence-electron chi connectivity index (χ4n) is 2.52. The van der Waals surface area contributed by atoms with Gasteiger partial charge >= 0.3 is 0 Å². The fourth-order valence-corrected chi connectivity index (χ4v) is 2.52. The van der Waals surface area contributed by atoms with Crippen LogP contribution in [0.3, 0.4) is 0 Å². The molecule has 1 heterocycles. The van der Waals surface area contributed by atoms with Crippen LogP contribution >= 0.6 is 0 Å². The van der Waals surface area contributed by atoms with Crippen LogP contribution in [0.25, 0.3) is 11.4 Å². The maximum absolute atomic E-state index is 14.3. The molecule has 0 spiro atoms. The van der Waals surface area contributed by atoms with Gasteiger partial charge in [-0.25, -0.2) is 9.07 Å². The molecule has 2 aromatic carbocycles. The maximum Gasteiger partial charge on any atom is 0.224 e. The number of hydrogen-bond acceptors (Lipinski definition) is 4. The van der Waals surface area contributed by atoms with Crippen LogP contribution in [0.2, 0.25) is 0 Å². The van der Waals surface area contributed by atoms with Crippen LogP contribution in [0.4, 0.5) is 10.3 Å². The summed E-state index contributed by atoms with van der Waals surface area (Å²) < 4.78 is 21.3. The molecule has 124 valence electrons. The Morgan fingerprint density at radius 2 is 1.83 bits per heavy atom. The smallest absolute Gasteiger partial charge is 0.224 e. The van der Waals surface area contributed by atoms with Gasteiger partial charge in [0.1, 0.15) is 11.6 Å². The molecule has 0 saturated heterocycles. The second-order valence-electron chi connectivity index (χ2n) is 5.59. The Hall–Kier alpha value is -2.89. The van der Waals surface area contributed by atoms with Gasteiger partial charge in [-0.15, -0.1) is 5.10 Å². The van der Waals surface area contributed by atoms with Gasteiger partial charge < -0.3 is 9.64 Å². The van der Waals surface area contributed by atoms with Crippen molar-refractivity contribution < 1.29 is 9.13 Å². The second kappa shape index (κ2) is 6.70. The Morgan fingerprint density at radius 1 is 1.08 bits per heavy atom. The minimum Gasteiger partial charge on any atom is -0.496 e. The number of rotatable bonds is 5. The van der Waals surface area contributed by atoms with Crippen molar-refractivity contribution >= 4 is 5.95 Å². The molecule has 6 heteroatoms. The highest BCUT2D eigenvalue weighted by Gasteiger charge is 2.20. The first-order chi connectivity index (χ1) is 11.6. The molecule has 0 atom stereocenters. The first-order valence-electron chi connectivity index (χ1n) is 7.59. The zero-order valence-electron chi connectivity index (χ0n) is 13.9. The van der Waals surface area contributed by atoms with Gasteiger partial charge in [-0.1, -0.05) is 36.4 Å². The van der Waals surface area contributed by atoms with Crippen molar-refractivity contribution in [2.45, 2.75) is 6.54 Å². The molecule has 0 N–H and O–H groups in total. The summed E-state index contributed by atoms with van der Waals surface area (Å²) in [6, 6.07) is 14.6. The quantitative estimate of drug-likeness (QED) is 0.722. The van der Waals surface area contributed by atoms with Crippen molar-refractivity contribution in [2.75, 3.05) is 26.1 Å². The number of benzene rings is 2. The molecule has 0 saturated carbocycles. The largest absolute Gasteiger partial charge is 0.496 e. The number of anilines is 1. The maximum atomic E-state index is 14.3. The van der Waals surface area contributed by atoms with E-state index in [2.05, 4.69) is 10.1 Å². The van der Waals surface area contributed by atoms with E-state index in [0.717, 1.165) is 5.56 Å². The molecule has 0 bridgehead atoms. The van der Waals surface area contributed by atoms with Gasteiger partial charge in [-0.05, 0) is 17.7 Å². The van der Waals surface area contributed by atoms with Gasteiger partial charge in [0, 0.05) is 14.1 Å². The van der Waals surface area contributed by atoms with E-state index in [9.17, 15) is 4.39 Å². The summed E-state index contributed by atoms with van der Waals surface area (Å²) in [5.74, 6) is 0.970. The molecule has 3 rings (SSSR count). The summed E-state index contributed by atoms with van der Waals surface area (Å²) in [5.41, 5.74) is 1.37. The zero-order valence-corrected chi connectivity index (χ0v) is 13.9. The highest BCUT2D eigenvalue weighted by molar-refractivity contribution is 5.65. The first-order valence-corrected chi connectivity index (χ1v) is 7.59. The van der Waals surface area contributed by atoms with E-state index in [1.807, 2.05) is 49.3 Å². The van der Waals surface area contributed by atoms with Gasteiger partial charge in [-0.2, -0.15) is 4.98 Å². The molecule has 24 heavy (non-hydrogen) atoms. The molecule has 5 nitrogen and oxygen atoms in total. The van der Waals surface area contributed by atoms with E-state index in [1.54, 1.807) is 16.8 Å². The molecule has 0 radical (unpaired) electrons.